The van der Waals surface area contributed by atoms with Crippen LogP contribution in [0.3, 0.4) is 0 Å². The van der Waals surface area contributed by atoms with Gasteiger partial charge >= 0.3 is 0 Å². The van der Waals surface area contributed by atoms with Crippen molar-refractivity contribution in [3.05, 3.63) is 35.4 Å². The summed E-state index contributed by atoms with van der Waals surface area (Å²) in [5, 5.41) is 3.49. The topological polar surface area (TPSA) is 15.3 Å². The minimum atomic E-state index is 0.452. The van der Waals surface area contributed by atoms with E-state index in [9.17, 15) is 0 Å². The van der Waals surface area contributed by atoms with Crippen LogP contribution in [0, 0.1) is 6.92 Å². The normalized spacial score (nSPS) is 22.4. The van der Waals surface area contributed by atoms with Crippen LogP contribution in [-0.4, -0.2) is 31.1 Å². The molecule has 0 aliphatic carbocycles. The quantitative estimate of drug-likeness (QED) is 0.871. The van der Waals surface area contributed by atoms with Gasteiger partial charge in [-0.1, -0.05) is 43.2 Å². The average Bonchev–Trinajstić information content (AvgIpc) is 2.46. The Hall–Kier alpha value is -0.860. The third-order valence-corrected chi connectivity index (χ3v) is 4.47. The van der Waals surface area contributed by atoms with Gasteiger partial charge in [-0.25, -0.2) is 0 Å². The van der Waals surface area contributed by atoms with E-state index in [2.05, 4.69) is 55.4 Å². The lowest BCUT2D eigenvalue weighted by molar-refractivity contribution is 0.130. The second-order valence-corrected chi connectivity index (χ2v) is 5.80. The van der Waals surface area contributed by atoms with E-state index in [-0.39, 0.29) is 0 Å². The first-order valence-corrected chi connectivity index (χ1v) is 7.72. The molecule has 0 bridgehead atoms. The highest BCUT2D eigenvalue weighted by molar-refractivity contribution is 5.24. The number of piperidine rings is 1. The summed E-state index contributed by atoms with van der Waals surface area (Å²) in [6.45, 7) is 6.87. The molecule has 2 atom stereocenters. The van der Waals surface area contributed by atoms with Crippen molar-refractivity contribution >= 4 is 0 Å². The van der Waals surface area contributed by atoms with Crippen LogP contribution in [0.4, 0.5) is 0 Å². The van der Waals surface area contributed by atoms with E-state index in [0.29, 0.717) is 6.04 Å². The van der Waals surface area contributed by atoms with Gasteiger partial charge in [0.1, 0.15) is 0 Å². The number of benzene rings is 1. The molecule has 1 aliphatic heterocycles. The molecule has 1 fully saturated rings. The van der Waals surface area contributed by atoms with Crippen molar-refractivity contribution in [3.63, 3.8) is 0 Å². The molecular formula is C17H28N2. The number of aryl methyl sites for hydroxylation is 1. The Kier molecular flexibility index (Phi) is 5.41. The van der Waals surface area contributed by atoms with Crippen molar-refractivity contribution in [1.82, 2.24) is 10.2 Å². The Morgan fingerprint density at radius 1 is 1.26 bits per heavy atom. The van der Waals surface area contributed by atoms with Crippen LogP contribution in [0.15, 0.2) is 24.3 Å². The first-order valence-electron chi connectivity index (χ1n) is 7.72. The molecule has 2 unspecified atom stereocenters. The van der Waals surface area contributed by atoms with Crippen molar-refractivity contribution in [2.45, 2.75) is 51.6 Å². The van der Waals surface area contributed by atoms with Gasteiger partial charge in [0.15, 0.2) is 0 Å². The van der Waals surface area contributed by atoms with Crippen molar-refractivity contribution in [1.29, 1.82) is 0 Å². The zero-order chi connectivity index (χ0) is 13.7. The molecule has 19 heavy (non-hydrogen) atoms. The van der Waals surface area contributed by atoms with Gasteiger partial charge in [-0.15, -0.1) is 0 Å². The molecule has 1 aliphatic rings. The summed E-state index contributed by atoms with van der Waals surface area (Å²) < 4.78 is 0. The fourth-order valence-corrected chi connectivity index (χ4v) is 3.16. The third kappa shape index (κ3) is 3.80. The number of likely N-dealkylation sites (N-methyl/N-ethyl adjacent to an activating group) is 1. The van der Waals surface area contributed by atoms with Crippen molar-refractivity contribution < 1.29 is 0 Å². The van der Waals surface area contributed by atoms with Gasteiger partial charge in [-0.05, 0) is 45.3 Å². The standard InChI is InChI=1S/C17H28N2/c1-4-16-7-5-6-12-19(16)13-17(18-3)15-10-8-14(2)9-11-15/h8-11,16-18H,4-7,12-13H2,1-3H3. The monoisotopic (exact) mass is 260 g/mol. The molecule has 0 radical (unpaired) electrons. The molecule has 106 valence electrons. The molecule has 0 saturated carbocycles. The first-order chi connectivity index (χ1) is 9.24. The summed E-state index contributed by atoms with van der Waals surface area (Å²) >= 11 is 0. The van der Waals surface area contributed by atoms with Crippen molar-refractivity contribution in [2.75, 3.05) is 20.1 Å². The summed E-state index contributed by atoms with van der Waals surface area (Å²) in [5.41, 5.74) is 2.75. The minimum absolute atomic E-state index is 0.452. The number of rotatable bonds is 5. The Morgan fingerprint density at radius 2 is 2.00 bits per heavy atom. The molecule has 2 nitrogen and oxygen atoms in total. The van der Waals surface area contributed by atoms with Gasteiger partial charge in [0, 0.05) is 18.6 Å². The predicted octanol–water partition coefficient (Wildman–Crippen LogP) is 3.52. The van der Waals surface area contributed by atoms with Crippen molar-refractivity contribution in [3.8, 4) is 0 Å². The van der Waals surface area contributed by atoms with Gasteiger partial charge in [0.2, 0.25) is 0 Å². The Balaban J connectivity index is 2.03. The molecule has 1 saturated heterocycles. The van der Waals surface area contributed by atoms with Crippen LogP contribution in [-0.2, 0) is 0 Å². The summed E-state index contributed by atoms with van der Waals surface area (Å²) in [5.74, 6) is 0. The predicted molar refractivity (Wildman–Crippen MR) is 82.5 cm³/mol. The lowest BCUT2D eigenvalue weighted by atomic mass is 9.97. The van der Waals surface area contributed by atoms with Crippen LogP contribution in [0.5, 0.6) is 0 Å². The molecule has 0 spiro atoms. The van der Waals surface area contributed by atoms with Crippen LogP contribution in [0.2, 0.25) is 0 Å². The Bertz CT molecular complexity index is 371. The summed E-state index contributed by atoms with van der Waals surface area (Å²) in [6, 6.07) is 10.2. The van der Waals surface area contributed by atoms with Gasteiger partial charge < -0.3 is 5.32 Å². The molecule has 1 N–H and O–H groups in total. The molecule has 1 aromatic rings. The average molecular weight is 260 g/mol. The van der Waals surface area contributed by atoms with E-state index in [1.165, 1.54) is 43.4 Å². The smallest absolute Gasteiger partial charge is 0.0446 e. The van der Waals surface area contributed by atoms with Gasteiger partial charge in [-0.3, -0.25) is 4.90 Å². The maximum atomic E-state index is 3.49. The van der Waals surface area contributed by atoms with Gasteiger partial charge in [-0.2, -0.15) is 0 Å². The number of nitrogens with one attached hydrogen (secondary N) is 1. The number of hydrogen-bond acceptors (Lipinski definition) is 2. The molecule has 1 aromatic carbocycles. The van der Waals surface area contributed by atoms with Gasteiger partial charge in [0.05, 0.1) is 0 Å². The van der Waals surface area contributed by atoms with Gasteiger partial charge in [0.25, 0.3) is 0 Å². The second kappa shape index (κ2) is 7.06. The zero-order valence-corrected chi connectivity index (χ0v) is 12.7. The van der Waals surface area contributed by atoms with E-state index in [4.69, 9.17) is 0 Å². The molecule has 0 aromatic heterocycles. The zero-order valence-electron chi connectivity index (χ0n) is 12.7. The van der Waals surface area contributed by atoms with Crippen LogP contribution in [0.1, 0.15) is 49.8 Å². The molecule has 0 amide bonds. The fourth-order valence-electron chi connectivity index (χ4n) is 3.16. The van der Waals surface area contributed by atoms with E-state index in [1.807, 2.05) is 0 Å². The Morgan fingerprint density at radius 3 is 2.63 bits per heavy atom. The SMILES string of the molecule is CCC1CCCCN1CC(NC)c1ccc(C)cc1. The summed E-state index contributed by atoms with van der Waals surface area (Å²) in [7, 11) is 2.08. The van der Waals surface area contributed by atoms with E-state index < -0.39 is 0 Å². The van der Waals surface area contributed by atoms with Crippen molar-refractivity contribution in [2.24, 2.45) is 0 Å². The first kappa shape index (κ1) is 14.5. The lowest BCUT2D eigenvalue weighted by Crippen LogP contribution is -2.43. The van der Waals surface area contributed by atoms with E-state index >= 15 is 0 Å². The highest BCUT2D eigenvalue weighted by Gasteiger charge is 2.23. The number of hydrogen-bond donors (Lipinski definition) is 1. The fraction of sp³-hybridized carbons (Fsp3) is 0.647. The highest BCUT2D eigenvalue weighted by Crippen LogP contribution is 2.23. The number of nitrogens with zero attached hydrogens (tertiary/aromatic N) is 1. The largest absolute Gasteiger partial charge is 0.312 e. The van der Waals surface area contributed by atoms with Crippen LogP contribution in [0.25, 0.3) is 0 Å². The molecule has 2 rings (SSSR count). The lowest BCUT2D eigenvalue weighted by Gasteiger charge is -2.37. The maximum absolute atomic E-state index is 3.49. The van der Waals surface area contributed by atoms with Crippen LogP contribution >= 0.6 is 0 Å². The molecule has 1 heterocycles. The van der Waals surface area contributed by atoms with E-state index in [1.54, 1.807) is 0 Å². The molecule has 2 heteroatoms. The van der Waals surface area contributed by atoms with Crippen LogP contribution < -0.4 is 5.32 Å². The maximum Gasteiger partial charge on any atom is 0.0446 e. The van der Waals surface area contributed by atoms with E-state index in [0.717, 1.165) is 12.6 Å². The second-order valence-electron chi connectivity index (χ2n) is 5.80. The molecular weight excluding hydrogens is 232 g/mol. The highest BCUT2D eigenvalue weighted by atomic mass is 15.2. The number of likely N-dealkylation sites (tertiary alicyclic amines) is 1. The Labute approximate surface area is 118 Å². The summed E-state index contributed by atoms with van der Waals surface area (Å²) in [4.78, 5) is 2.69. The minimum Gasteiger partial charge on any atom is -0.312 e. The summed E-state index contributed by atoms with van der Waals surface area (Å²) in [6.07, 6.45) is 5.43. The third-order valence-electron chi connectivity index (χ3n) is 4.47.